The second-order valence-electron chi connectivity index (χ2n) is 6.63. The Bertz CT molecular complexity index is 728. The number of nitrogens with one attached hydrogen (secondary N) is 1. The molecule has 2 aliphatic rings. The van der Waals surface area contributed by atoms with Crippen LogP contribution in [-0.2, 0) is 0 Å². The van der Waals surface area contributed by atoms with Gasteiger partial charge in [0.1, 0.15) is 5.82 Å². The van der Waals surface area contributed by atoms with Crippen molar-refractivity contribution in [1.82, 2.24) is 5.32 Å². The lowest BCUT2D eigenvalue weighted by Crippen LogP contribution is -2.26. The van der Waals surface area contributed by atoms with Gasteiger partial charge in [-0.2, -0.15) is 0 Å². The quantitative estimate of drug-likeness (QED) is 0.823. The molecular formula is C18H20FNS. The van der Waals surface area contributed by atoms with Crippen molar-refractivity contribution in [3.63, 3.8) is 0 Å². The van der Waals surface area contributed by atoms with Gasteiger partial charge < -0.3 is 5.32 Å². The Morgan fingerprint density at radius 3 is 2.81 bits per heavy atom. The van der Waals surface area contributed by atoms with Crippen LogP contribution in [0.25, 0.3) is 15.7 Å². The lowest BCUT2D eigenvalue weighted by atomic mass is 9.94. The predicted molar refractivity (Wildman–Crippen MR) is 87.8 cm³/mol. The van der Waals surface area contributed by atoms with Crippen LogP contribution >= 0.6 is 11.3 Å². The van der Waals surface area contributed by atoms with Crippen molar-refractivity contribution in [2.24, 2.45) is 11.8 Å². The Kier molecular flexibility index (Phi) is 3.07. The Balaban J connectivity index is 1.83. The van der Waals surface area contributed by atoms with E-state index in [1.54, 1.807) is 12.1 Å². The molecule has 1 fully saturated rings. The van der Waals surface area contributed by atoms with Crippen LogP contribution in [0.1, 0.15) is 38.0 Å². The molecule has 4 rings (SSSR count). The molecule has 110 valence electrons. The van der Waals surface area contributed by atoms with Crippen LogP contribution in [-0.4, -0.2) is 6.04 Å². The number of fused-ring (bicyclic) bond motifs is 3. The third-order valence-electron chi connectivity index (χ3n) is 4.73. The molecule has 2 unspecified atom stereocenters. The van der Waals surface area contributed by atoms with Crippen LogP contribution in [0.3, 0.4) is 0 Å². The average Bonchev–Trinajstić information content (AvgIpc) is 3.10. The second kappa shape index (κ2) is 4.84. The molecular weight excluding hydrogens is 281 g/mol. The zero-order chi connectivity index (χ0) is 14.6. The number of halogens is 1. The van der Waals surface area contributed by atoms with E-state index in [1.165, 1.54) is 40.1 Å². The van der Waals surface area contributed by atoms with Crippen molar-refractivity contribution >= 4 is 27.0 Å². The van der Waals surface area contributed by atoms with Gasteiger partial charge in [0.2, 0.25) is 0 Å². The molecule has 3 heteroatoms. The van der Waals surface area contributed by atoms with Crippen LogP contribution in [0, 0.1) is 17.7 Å². The van der Waals surface area contributed by atoms with Crippen LogP contribution in [0.2, 0.25) is 0 Å². The van der Waals surface area contributed by atoms with Gasteiger partial charge in [-0.25, -0.2) is 4.39 Å². The van der Waals surface area contributed by atoms with Gasteiger partial charge in [-0.3, -0.25) is 0 Å². The van der Waals surface area contributed by atoms with E-state index in [1.807, 2.05) is 17.4 Å². The maximum atomic E-state index is 13.4. The summed E-state index contributed by atoms with van der Waals surface area (Å²) in [6, 6.07) is 7.77. The monoisotopic (exact) mass is 301 g/mol. The molecule has 0 spiro atoms. The summed E-state index contributed by atoms with van der Waals surface area (Å²) in [7, 11) is 0. The molecule has 1 nitrogen and oxygen atoms in total. The molecule has 2 bridgehead atoms. The minimum atomic E-state index is -0.144. The second-order valence-corrected chi connectivity index (χ2v) is 7.71. The molecule has 1 aromatic carbocycles. The minimum absolute atomic E-state index is 0.144. The first-order chi connectivity index (χ1) is 10.1. The smallest absolute Gasteiger partial charge is 0.123 e. The average molecular weight is 301 g/mol. The van der Waals surface area contributed by atoms with Gasteiger partial charge in [0.15, 0.2) is 0 Å². The zero-order valence-electron chi connectivity index (χ0n) is 12.4. The Labute approximate surface area is 128 Å². The molecule has 1 N–H and O–H groups in total. The van der Waals surface area contributed by atoms with E-state index in [4.69, 9.17) is 0 Å². The van der Waals surface area contributed by atoms with Crippen molar-refractivity contribution in [1.29, 1.82) is 0 Å². The number of hydrogen-bond donors (Lipinski definition) is 1. The maximum Gasteiger partial charge on any atom is 0.123 e. The maximum absolute atomic E-state index is 13.4. The number of benzene rings is 1. The third kappa shape index (κ3) is 2.18. The first kappa shape index (κ1) is 13.3. The largest absolute Gasteiger partial charge is 0.386 e. The minimum Gasteiger partial charge on any atom is -0.386 e. The summed E-state index contributed by atoms with van der Waals surface area (Å²) < 4.78 is 14.6. The van der Waals surface area contributed by atoms with Gasteiger partial charge in [0.05, 0.1) is 0 Å². The highest BCUT2D eigenvalue weighted by Crippen LogP contribution is 2.53. The Morgan fingerprint density at radius 1 is 1.19 bits per heavy atom. The van der Waals surface area contributed by atoms with E-state index in [0.29, 0.717) is 17.9 Å². The molecule has 0 aliphatic heterocycles. The van der Waals surface area contributed by atoms with Gasteiger partial charge >= 0.3 is 0 Å². The first-order valence-corrected chi connectivity index (χ1v) is 8.63. The van der Waals surface area contributed by atoms with Gasteiger partial charge in [-0.1, -0.05) is 0 Å². The highest BCUT2D eigenvalue weighted by Gasteiger charge is 2.40. The van der Waals surface area contributed by atoms with Crippen molar-refractivity contribution in [2.45, 2.75) is 39.2 Å². The van der Waals surface area contributed by atoms with Crippen LogP contribution in [0.15, 0.2) is 30.0 Å². The number of thiophene rings is 1. The van der Waals surface area contributed by atoms with Crippen LogP contribution in [0.4, 0.5) is 4.39 Å². The van der Waals surface area contributed by atoms with E-state index in [2.05, 4.69) is 25.2 Å². The summed E-state index contributed by atoms with van der Waals surface area (Å²) in [5.74, 6) is 1.28. The van der Waals surface area contributed by atoms with Crippen molar-refractivity contribution in [3.8, 4) is 0 Å². The molecule has 21 heavy (non-hydrogen) atoms. The Hall–Kier alpha value is -1.35. The summed E-state index contributed by atoms with van der Waals surface area (Å²) in [6.07, 6.45) is 3.93. The number of hydrogen-bond acceptors (Lipinski definition) is 2. The normalized spacial score (nSPS) is 24.6. The fourth-order valence-electron chi connectivity index (χ4n) is 3.93. The molecule has 0 amide bonds. The number of rotatable bonds is 3. The molecule has 0 saturated heterocycles. The van der Waals surface area contributed by atoms with Crippen LogP contribution in [0.5, 0.6) is 0 Å². The van der Waals surface area contributed by atoms with E-state index in [-0.39, 0.29) is 5.82 Å². The molecule has 0 radical (unpaired) electrons. The van der Waals surface area contributed by atoms with Crippen molar-refractivity contribution in [3.05, 3.63) is 40.7 Å². The van der Waals surface area contributed by atoms with Gasteiger partial charge in [0.25, 0.3) is 0 Å². The van der Waals surface area contributed by atoms with Crippen molar-refractivity contribution in [2.75, 3.05) is 0 Å². The summed E-state index contributed by atoms with van der Waals surface area (Å²) >= 11 is 1.81. The highest BCUT2D eigenvalue weighted by molar-refractivity contribution is 7.20. The zero-order valence-corrected chi connectivity index (χ0v) is 13.3. The van der Waals surface area contributed by atoms with E-state index in [9.17, 15) is 4.39 Å². The SMILES string of the molecule is CC(C)NC1=C(c2cc3cc(F)ccc3s2)C2CCC1C2. The lowest BCUT2D eigenvalue weighted by molar-refractivity contribution is 0.553. The third-order valence-corrected chi connectivity index (χ3v) is 5.88. The topological polar surface area (TPSA) is 12.0 Å². The first-order valence-electron chi connectivity index (χ1n) is 7.82. The summed E-state index contributed by atoms with van der Waals surface area (Å²) in [6.45, 7) is 4.41. The molecule has 2 atom stereocenters. The molecule has 2 aromatic rings. The van der Waals surface area contributed by atoms with Crippen molar-refractivity contribution < 1.29 is 4.39 Å². The fraction of sp³-hybridized carbons (Fsp3) is 0.444. The van der Waals surface area contributed by atoms with Gasteiger partial charge in [0, 0.05) is 21.3 Å². The predicted octanol–water partition coefficient (Wildman–Crippen LogP) is 5.18. The highest BCUT2D eigenvalue weighted by atomic mass is 32.1. The Morgan fingerprint density at radius 2 is 2.00 bits per heavy atom. The van der Waals surface area contributed by atoms with E-state index < -0.39 is 0 Å². The van der Waals surface area contributed by atoms with Gasteiger partial charge in [-0.05, 0) is 80.2 Å². The number of allylic oxidation sites excluding steroid dienone is 2. The summed E-state index contributed by atoms with van der Waals surface area (Å²) in [5.41, 5.74) is 2.98. The fourth-order valence-corrected chi connectivity index (χ4v) is 5.11. The molecule has 1 heterocycles. The standard InChI is InChI=1S/C18H20FNS/c1-10(2)20-18-12-4-3-11(7-12)17(18)16-9-13-8-14(19)5-6-15(13)21-16/h5-6,8-12,20H,3-4,7H2,1-2H3. The molecule has 1 aromatic heterocycles. The van der Waals surface area contributed by atoms with Gasteiger partial charge in [-0.15, -0.1) is 11.3 Å². The summed E-state index contributed by atoms with van der Waals surface area (Å²) in [4.78, 5) is 1.34. The van der Waals surface area contributed by atoms with E-state index >= 15 is 0 Å². The molecule has 2 aliphatic carbocycles. The van der Waals surface area contributed by atoms with Crippen LogP contribution < -0.4 is 5.32 Å². The summed E-state index contributed by atoms with van der Waals surface area (Å²) in [5, 5.41) is 4.73. The lowest BCUT2D eigenvalue weighted by Gasteiger charge is -2.22. The van der Waals surface area contributed by atoms with E-state index in [0.717, 1.165) is 5.39 Å². The molecule has 1 saturated carbocycles.